The average molecular weight is 68.1 g/mol. The van der Waals surface area contributed by atoms with Crippen molar-refractivity contribution >= 4 is 0 Å². The molecule has 0 aromatic rings. The molecule has 0 bridgehead atoms. The summed E-state index contributed by atoms with van der Waals surface area (Å²) in [6.07, 6.45) is 0. The number of hydrogen-bond donors (Lipinski definition) is 0. The minimum atomic E-state index is 1.66. The molecular formula is C4H6N. The van der Waals surface area contributed by atoms with Gasteiger partial charge in [0.15, 0.2) is 0 Å². The second-order valence-corrected chi connectivity index (χ2v) is 0.585. The highest BCUT2D eigenvalue weighted by Crippen LogP contribution is 1.39. The van der Waals surface area contributed by atoms with E-state index in [0.29, 0.717) is 0 Å². The highest BCUT2D eigenvalue weighted by atomic mass is 14.8. The summed E-state index contributed by atoms with van der Waals surface area (Å²) in [4.78, 5) is 0. The molecule has 0 rings (SSSR count). The second-order valence-electron chi connectivity index (χ2n) is 0.585. The summed E-state index contributed by atoms with van der Waals surface area (Å²) in [5.41, 5.74) is 0. The van der Waals surface area contributed by atoms with Crippen molar-refractivity contribution < 1.29 is 0 Å². The SMILES string of the molecule is CC#C[N]C. The standard InChI is InChI=1S/C4H6N/c1-3-4-5-2/h1-2H3. The van der Waals surface area contributed by atoms with Gasteiger partial charge in [0.2, 0.25) is 0 Å². The molecule has 0 unspecified atom stereocenters. The Hall–Kier alpha value is -0.640. The molecule has 0 aliphatic heterocycles. The predicted octanol–water partition coefficient (Wildman–Crippen LogP) is 0.201. The molecule has 0 atom stereocenters. The Bertz CT molecular complexity index is 55.8. The van der Waals surface area contributed by atoms with Crippen molar-refractivity contribution in [2.45, 2.75) is 6.92 Å². The summed E-state index contributed by atoms with van der Waals surface area (Å²) in [7, 11) is 1.66. The van der Waals surface area contributed by atoms with Crippen LogP contribution in [0.1, 0.15) is 6.92 Å². The number of rotatable bonds is 0. The molecule has 0 aliphatic rings. The lowest BCUT2D eigenvalue weighted by Crippen LogP contribution is -1.78. The largest absolute Gasteiger partial charge is 0.239 e. The second kappa shape index (κ2) is 3.36. The van der Waals surface area contributed by atoms with Gasteiger partial charge in [-0.15, -0.1) is 0 Å². The average Bonchev–Trinajstić information content (AvgIpc) is 1.41. The van der Waals surface area contributed by atoms with Crippen LogP contribution in [0.25, 0.3) is 0 Å². The molecule has 1 heteroatoms. The van der Waals surface area contributed by atoms with E-state index < -0.39 is 0 Å². The molecule has 0 aromatic carbocycles. The lowest BCUT2D eigenvalue weighted by molar-refractivity contribution is 1.13. The Balaban J connectivity index is 2.81. The first-order valence-electron chi connectivity index (χ1n) is 1.42. The smallest absolute Gasteiger partial charge is 0.0378 e. The summed E-state index contributed by atoms with van der Waals surface area (Å²) in [6.45, 7) is 1.76. The van der Waals surface area contributed by atoms with Gasteiger partial charge < -0.3 is 0 Å². The summed E-state index contributed by atoms with van der Waals surface area (Å²) in [5, 5.41) is 3.49. The zero-order chi connectivity index (χ0) is 4.12. The van der Waals surface area contributed by atoms with Crippen LogP contribution in [0.2, 0.25) is 0 Å². The van der Waals surface area contributed by atoms with Gasteiger partial charge in [-0.3, -0.25) is 0 Å². The summed E-state index contributed by atoms with van der Waals surface area (Å²) >= 11 is 0. The maximum Gasteiger partial charge on any atom is 0.0378 e. The van der Waals surface area contributed by atoms with Crippen molar-refractivity contribution in [3.8, 4) is 12.0 Å². The third kappa shape index (κ3) is 3.36. The van der Waals surface area contributed by atoms with Crippen LogP contribution < -0.4 is 5.32 Å². The van der Waals surface area contributed by atoms with Gasteiger partial charge in [0.25, 0.3) is 0 Å². The molecule has 0 aliphatic carbocycles. The topological polar surface area (TPSA) is 14.1 Å². The lowest BCUT2D eigenvalue weighted by atomic mass is 10.8. The van der Waals surface area contributed by atoms with Crippen LogP contribution in [0.4, 0.5) is 0 Å². The van der Waals surface area contributed by atoms with Crippen LogP contribution in [-0.4, -0.2) is 7.05 Å². The molecule has 0 amide bonds. The molecular weight excluding hydrogens is 62.1 g/mol. The molecule has 0 heterocycles. The monoisotopic (exact) mass is 68.1 g/mol. The Morgan fingerprint density at radius 3 is 2.20 bits per heavy atom. The quantitative estimate of drug-likeness (QED) is 0.360. The molecule has 0 N–H and O–H groups in total. The molecule has 27 valence electrons. The van der Waals surface area contributed by atoms with Crippen LogP contribution in [0.5, 0.6) is 0 Å². The van der Waals surface area contributed by atoms with E-state index in [4.69, 9.17) is 0 Å². The molecule has 0 aromatic heterocycles. The molecule has 1 radical (unpaired) electrons. The zero-order valence-electron chi connectivity index (χ0n) is 3.45. The number of hydrogen-bond acceptors (Lipinski definition) is 0. The van der Waals surface area contributed by atoms with Crippen molar-refractivity contribution in [2.24, 2.45) is 0 Å². The van der Waals surface area contributed by atoms with E-state index in [-0.39, 0.29) is 0 Å². The molecule has 1 nitrogen and oxygen atoms in total. The van der Waals surface area contributed by atoms with Crippen molar-refractivity contribution in [2.75, 3.05) is 7.05 Å². The highest BCUT2D eigenvalue weighted by Gasteiger charge is 1.45. The third-order valence-electron chi connectivity index (χ3n) is 0.224. The van der Waals surface area contributed by atoms with E-state index in [0.717, 1.165) is 0 Å². The molecule has 0 saturated carbocycles. The van der Waals surface area contributed by atoms with Gasteiger partial charge in [-0.1, -0.05) is 5.92 Å². The number of nitrogens with zero attached hydrogens (tertiary/aromatic N) is 1. The first-order valence-corrected chi connectivity index (χ1v) is 1.42. The normalized spacial score (nSPS) is 4.40. The maximum absolute atomic E-state index is 3.49. The fourth-order valence-corrected chi connectivity index (χ4v) is 0.112. The van der Waals surface area contributed by atoms with Crippen LogP contribution in [0.15, 0.2) is 0 Å². The Labute approximate surface area is 32.4 Å². The van der Waals surface area contributed by atoms with Crippen molar-refractivity contribution in [3.63, 3.8) is 0 Å². The van der Waals surface area contributed by atoms with Gasteiger partial charge in [0.05, 0.1) is 0 Å². The molecule has 0 saturated heterocycles. The van der Waals surface area contributed by atoms with E-state index in [1.54, 1.807) is 14.0 Å². The summed E-state index contributed by atoms with van der Waals surface area (Å²) in [5.74, 6) is 2.60. The van der Waals surface area contributed by atoms with Crippen LogP contribution >= 0.6 is 0 Å². The molecule has 0 spiro atoms. The molecule has 0 fully saturated rings. The Kier molecular flexibility index (Phi) is 2.93. The van der Waals surface area contributed by atoms with Crippen LogP contribution in [0.3, 0.4) is 0 Å². The van der Waals surface area contributed by atoms with Crippen molar-refractivity contribution in [1.82, 2.24) is 5.32 Å². The maximum atomic E-state index is 3.49. The van der Waals surface area contributed by atoms with E-state index in [2.05, 4.69) is 17.3 Å². The van der Waals surface area contributed by atoms with E-state index >= 15 is 0 Å². The highest BCUT2D eigenvalue weighted by molar-refractivity contribution is 4.89. The fourth-order valence-electron chi connectivity index (χ4n) is 0.112. The van der Waals surface area contributed by atoms with E-state index in [1.807, 2.05) is 0 Å². The van der Waals surface area contributed by atoms with Gasteiger partial charge in [-0.25, -0.2) is 5.32 Å². The first kappa shape index (κ1) is 4.36. The van der Waals surface area contributed by atoms with Crippen molar-refractivity contribution in [3.05, 3.63) is 0 Å². The Morgan fingerprint density at radius 2 is 2.20 bits per heavy atom. The zero-order valence-corrected chi connectivity index (χ0v) is 3.45. The van der Waals surface area contributed by atoms with Crippen LogP contribution in [-0.2, 0) is 0 Å². The predicted molar refractivity (Wildman–Crippen MR) is 21.5 cm³/mol. The van der Waals surface area contributed by atoms with Gasteiger partial charge in [-0.2, -0.15) is 0 Å². The van der Waals surface area contributed by atoms with Gasteiger partial charge in [0, 0.05) is 13.1 Å². The van der Waals surface area contributed by atoms with Crippen molar-refractivity contribution in [1.29, 1.82) is 0 Å². The van der Waals surface area contributed by atoms with E-state index in [9.17, 15) is 0 Å². The fraction of sp³-hybridized carbons (Fsp3) is 0.500. The minimum Gasteiger partial charge on any atom is -0.239 e. The molecule has 5 heavy (non-hydrogen) atoms. The Morgan fingerprint density at radius 1 is 1.60 bits per heavy atom. The third-order valence-corrected chi connectivity index (χ3v) is 0.224. The van der Waals surface area contributed by atoms with Gasteiger partial charge in [0.1, 0.15) is 0 Å². The summed E-state index contributed by atoms with van der Waals surface area (Å²) in [6, 6.07) is 2.49. The van der Waals surface area contributed by atoms with Crippen LogP contribution in [0, 0.1) is 12.0 Å². The first-order chi connectivity index (χ1) is 2.41. The lowest BCUT2D eigenvalue weighted by Gasteiger charge is -1.62. The summed E-state index contributed by atoms with van der Waals surface area (Å²) < 4.78 is 0. The van der Waals surface area contributed by atoms with Gasteiger partial charge in [-0.05, 0) is 6.92 Å². The minimum absolute atomic E-state index is 1.66. The van der Waals surface area contributed by atoms with Gasteiger partial charge >= 0.3 is 0 Å². The van der Waals surface area contributed by atoms with E-state index in [1.165, 1.54) is 0 Å².